The Hall–Kier alpha value is -1.30. The maximum Gasteiger partial charge on any atom is 0.408 e. The first-order valence-corrected chi connectivity index (χ1v) is 7.49. The number of alkyl carbamates (subject to hydrolysis) is 1. The second-order valence-electron chi connectivity index (χ2n) is 6.74. The van der Waals surface area contributed by atoms with Crippen molar-refractivity contribution in [2.24, 2.45) is 0 Å². The summed E-state index contributed by atoms with van der Waals surface area (Å²) in [6.07, 6.45) is 3.11. The van der Waals surface area contributed by atoms with E-state index in [-0.39, 0.29) is 19.1 Å². The van der Waals surface area contributed by atoms with Crippen LogP contribution in [0.5, 0.6) is 0 Å². The fraction of sp³-hybridized carbons (Fsp3) is 0.867. The Morgan fingerprint density at radius 3 is 2.24 bits per heavy atom. The van der Waals surface area contributed by atoms with Gasteiger partial charge in [-0.15, -0.1) is 0 Å². The molecule has 1 fully saturated rings. The molecule has 122 valence electrons. The lowest BCUT2D eigenvalue weighted by Crippen LogP contribution is -2.55. The van der Waals surface area contributed by atoms with Crippen LogP contribution in [0.3, 0.4) is 0 Å². The van der Waals surface area contributed by atoms with Crippen LogP contribution in [0, 0.1) is 0 Å². The zero-order valence-electron chi connectivity index (χ0n) is 13.4. The molecule has 0 aromatic carbocycles. The van der Waals surface area contributed by atoms with Gasteiger partial charge in [0.2, 0.25) is 0 Å². The van der Waals surface area contributed by atoms with Gasteiger partial charge in [-0.1, -0.05) is 0 Å². The van der Waals surface area contributed by atoms with Crippen molar-refractivity contribution >= 4 is 12.1 Å². The van der Waals surface area contributed by atoms with Gasteiger partial charge in [0.05, 0.1) is 0 Å². The Morgan fingerprint density at radius 1 is 1.19 bits per heavy atom. The number of hydrogen-bond donors (Lipinski definition) is 2. The lowest BCUT2D eigenvalue weighted by atomic mass is 9.98. The van der Waals surface area contributed by atoms with Gasteiger partial charge in [-0.3, -0.25) is 0 Å². The van der Waals surface area contributed by atoms with Crippen LogP contribution in [-0.4, -0.2) is 41.0 Å². The van der Waals surface area contributed by atoms with Gasteiger partial charge in [-0.05, 0) is 53.4 Å². The minimum absolute atomic E-state index is 0.0811. The first-order valence-electron chi connectivity index (χ1n) is 7.49. The Labute approximate surface area is 126 Å². The number of esters is 1. The molecule has 21 heavy (non-hydrogen) atoms. The predicted molar refractivity (Wildman–Crippen MR) is 77.8 cm³/mol. The Balaban J connectivity index is 2.66. The summed E-state index contributed by atoms with van der Waals surface area (Å²) >= 11 is 0. The summed E-state index contributed by atoms with van der Waals surface area (Å²) in [4.78, 5) is 24.2. The van der Waals surface area contributed by atoms with Gasteiger partial charge in [0.25, 0.3) is 0 Å². The first-order chi connectivity index (χ1) is 9.66. The van der Waals surface area contributed by atoms with Crippen LogP contribution >= 0.6 is 0 Å². The first kappa shape index (κ1) is 17.8. The molecule has 1 aliphatic carbocycles. The maximum absolute atomic E-state index is 12.3. The highest BCUT2D eigenvalue weighted by Crippen LogP contribution is 2.24. The molecular formula is C15H27NO5. The molecule has 1 atom stereocenters. The number of amides is 1. The molecule has 0 spiro atoms. The SMILES string of the molecule is CC(C)(C)OC(=O)NC(C)(CCO)C(=O)OC1CCCC1. The molecule has 1 aliphatic rings. The van der Waals surface area contributed by atoms with Gasteiger partial charge in [0.1, 0.15) is 17.2 Å². The monoisotopic (exact) mass is 301 g/mol. The summed E-state index contributed by atoms with van der Waals surface area (Å²) in [5.74, 6) is -0.519. The van der Waals surface area contributed by atoms with Crippen LogP contribution in [0.2, 0.25) is 0 Å². The molecule has 0 aromatic rings. The van der Waals surface area contributed by atoms with Crippen molar-refractivity contribution in [1.82, 2.24) is 5.32 Å². The zero-order chi connectivity index (χ0) is 16.1. The van der Waals surface area contributed by atoms with Crippen LogP contribution in [0.25, 0.3) is 0 Å². The molecule has 1 saturated carbocycles. The number of aliphatic hydroxyl groups excluding tert-OH is 1. The van der Waals surface area contributed by atoms with Gasteiger partial charge >= 0.3 is 12.1 Å². The molecule has 0 radical (unpaired) electrons. The standard InChI is InChI=1S/C15H27NO5/c1-14(2,3)21-13(19)16-15(4,9-10-17)12(18)20-11-7-5-6-8-11/h11,17H,5-10H2,1-4H3,(H,16,19). The topological polar surface area (TPSA) is 84.9 Å². The minimum Gasteiger partial charge on any atom is -0.461 e. The molecule has 1 amide bonds. The fourth-order valence-electron chi connectivity index (χ4n) is 2.26. The third kappa shape index (κ3) is 5.91. The second kappa shape index (κ2) is 7.11. The van der Waals surface area contributed by atoms with E-state index >= 15 is 0 Å². The number of hydrogen-bond acceptors (Lipinski definition) is 5. The van der Waals surface area contributed by atoms with Crippen molar-refractivity contribution in [2.45, 2.75) is 77.0 Å². The van der Waals surface area contributed by atoms with Crippen LogP contribution in [0.4, 0.5) is 4.79 Å². The van der Waals surface area contributed by atoms with Crippen LogP contribution in [-0.2, 0) is 14.3 Å². The summed E-state index contributed by atoms with van der Waals surface area (Å²) < 4.78 is 10.6. The van der Waals surface area contributed by atoms with Gasteiger partial charge < -0.3 is 19.9 Å². The maximum atomic E-state index is 12.3. The molecular weight excluding hydrogens is 274 g/mol. The van der Waals surface area contributed by atoms with Crippen LogP contribution in [0.15, 0.2) is 0 Å². The second-order valence-corrected chi connectivity index (χ2v) is 6.74. The van der Waals surface area contributed by atoms with Gasteiger partial charge in [0, 0.05) is 13.0 Å². The Kier molecular flexibility index (Phi) is 6.01. The quantitative estimate of drug-likeness (QED) is 0.760. The van der Waals surface area contributed by atoms with Crippen molar-refractivity contribution in [3.05, 3.63) is 0 Å². The zero-order valence-corrected chi connectivity index (χ0v) is 13.4. The van der Waals surface area contributed by atoms with Gasteiger partial charge in [-0.2, -0.15) is 0 Å². The summed E-state index contributed by atoms with van der Waals surface area (Å²) in [5, 5.41) is 11.7. The molecule has 1 unspecified atom stereocenters. The Morgan fingerprint density at radius 2 is 1.76 bits per heavy atom. The molecule has 0 bridgehead atoms. The number of aliphatic hydroxyl groups is 1. The summed E-state index contributed by atoms with van der Waals surface area (Å²) in [5.41, 5.74) is -1.93. The highest BCUT2D eigenvalue weighted by molar-refractivity contribution is 5.85. The van der Waals surface area contributed by atoms with Crippen molar-refractivity contribution in [1.29, 1.82) is 0 Å². The Bertz CT molecular complexity index is 371. The van der Waals surface area contributed by atoms with E-state index in [1.807, 2.05) is 0 Å². The van der Waals surface area contributed by atoms with E-state index in [1.54, 1.807) is 27.7 Å². The lowest BCUT2D eigenvalue weighted by Gasteiger charge is -2.30. The number of rotatable bonds is 5. The van der Waals surface area contributed by atoms with Crippen molar-refractivity contribution < 1.29 is 24.2 Å². The van der Waals surface area contributed by atoms with Crippen molar-refractivity contribution in [2.75, 3.05) is 6.61 Å². The molecule has 2 N–H and O–H groups in total. The molecule has 0 aliphatic heterocycles. The largest absolute Gasteiger partial charge is 0.461 e. The van der Waals surface area contributed by atoms with Crippen LogP contribution in [0.1, 0.15) is 59.8 Å². The van der Waals surface area contributed by atoms with Crippen molar-refractivity contribution in [3.63, 3.8) is 0 Å². The third-order valence-electron chi connectivity index (χ3n) is 3.42. The number of carbonyl (C=O) groups is 2. The highest BCUT2D eigenvalue weighted by atomic mass is 16.6. The highest BCUT2D eigenvalue weighted by Gasteiger charge is 2.39. The van der Waals surface area contributed by atoms with E-state index in [2.05, 4.69) is 5.32 Å². The molecule has 0 saturated heterocycles. The smallest absolute Gasteiger partial charge is 0.408 e. The minimum atomic E-state index is -1.28. The van der Waals surface area contributed by atoms with E-state index in [9.17, 15) is 9.59 Å². The molecule has 1 rings (SSSR count). The van der Waals surface area contributed by atoms with E-state index in [4.69, 9.17) is 14.6 Å². The lowest BCUT2D eigenvalue weighted by molar-refractivity contribution is -0.157. The fourth-order valence-corrected chi connectivity index (χ4v) is 2.26. The number of carbonyl (C=O) groups excluding carboxylic acids is 2. The average molecular weight is 301 g/mol. The normalized spacial score (nSPS) is 18.9. The van der Waals surface area contributed by atoms with Gasteiger partial charge in [0.15, 0.2) is 0 Å². The van der Waals surface area contributed by atoms with E-state index in [0.29, 0.717) is 0 Å². The molecule has 0 heterocycles. The summed E-state index contributed by atoms with van der Waals surface area (Å²) in [6, 6.07) is 0. The van der Waals surface area contributed by atoms with Gasteiger partial charge in [-0.25, -0.2) is 9.59 Å². The van der Waals surface area contributed by atoms with E-state index < -0.39 is 23.2 Å². The average Bonchev–Trinajstić information content (AvgIpc) is 2.78. The molecule has 6 nitrogen and oxygen atoms in total. The number of nitrogens with one attached hydrogen (secondary N) is 1. The molecule has 6 heteroatoms. The summed E-state index contributed by atoms with van der Waals surface area (Å²) in [7, 11) is 0. The van der Waals surface area contributed by atoms with E-state index in [1.165, 1.54) is 0 Å². The third-order valence-corrected chi connectivity index (χ3v) is 3.42. The predicted octanol–water partition coefficient (Wildman–Crippen LogP) is 2.14. The summed E-state index contributed by atoms with van der Waals surface area (Å²) in [6.45, 7) is 6.54. The molecule has 0 aromatic heterocycles. The van der Waals surface area contributed by atoms with Crippen molar-refractivity contribution in [3.8, 4) is 0 Å². The van der Waals surface area contributed by atoms with E-state index in [0.717, 1.165) is 25.7 Å². The number of ether oxygens (including phenoxy) is 2. The van der Waals surface area contributed by atoms with Crippen LogP contribution < -0.4 is 5.32 Å².